The molecule has 0 saturated heterocycles. The summed E-state index contributed by atoms with van der Waals surface area (Å²) in [4.78, 5) is 18.8. The van der Waals surface area contributed by atoms with Gasteiger partial charge >= 0.3 is 0 Å². The predicted molar refractivity (Wildman–Crippen MR) is 140 cm³/mol. The maximum absolute atomic E-state index is 13.0. The summed E-state index contributed by atoms with van der Waals surface area (Å²) in [5.41, 5.74) is 4.72. The van der Waals surface area contributed by atoms with E-state index in [1.807, 2.05) is 36.5 Å². The fourth-order valence-corrected chi connectivity index (χ4v) is 5.41. The van der Waals surface area contributed by atoms with Crippen molar-refractivity contribution in [3.8, 4) is 23.4 Å². The van der Waals surface area contributed by atoms with Crippen molar-refractivity contribution in [3.63, 3.8) is 0 Å². The summed E-state index contributed by atoms with van der Waals surface area (Å²) in [6.07, 6.45) is 5.06. The van der Waals surface area contributed by atoms with E-state index >= 15 is 0 Å². The highest BCUT2D eigenvalue weighted by Gasteiger charge is 2.23. The minimum absolute atomic E-state index is 0.200. The van der Waals surface area contributed by atoms with Crippen LogP contribution in [0, 0.1) is 22.7 Å². The number of nitrogens with zero attached hydrogens (tertiary/aromatic N) is 6. The average Bonchev–Trinajstić information content (AvgIpc) is 3.55. The van der Waals surface area contributed by atoms with E-state index < -0.39 is 0 Å². The molecule has 2 heterocycles. The van der Waals surface area contributed by atoms with E-state index in [0.717, 1.165) is 36.1 Å². The standard InChI is InChI=1S/C27H24N8OS/c28-11-2-12-30-22-9-10-23-25(14-22)37-27(31-23)32-26(36)21-4-1-3-19(13-21)16-35-17-24(33-34-35)20-7-5-18(15-29)6-8-20/h1,3-8,13,17,22,30H,2,9-10,12,14,16H2,(H,31,32,36). The molecule has 4 aromatic rings. The largest absolute Gasteiger partial charge is 0.313 e. The molecule has 1 aliphatic carbocycles. The number of amides is 1. The zero-order chi connectivity index (χ0) is 25.6. The zero-order valence-corrected chi connectivity index (χ0v) is 20.8. The summed E-state index contributed by atoms with van der Waals surface area (Å²) in [5.74, 6) is -0.200. The number of thiazole rings is 1. The van der Waals surface area contributed by atoms with Gasteiger partial charge in [0.1, 0.15) is 5.69 Å². The van der Waals surface area contributed by atoms with Crippen molar-refractivity contribution in [2.45, 2.75) is 38.3 Å². The molecule has 10 heteroatoms. The molecule has 5 rings (SSSR count). The van der Waals surface area contributed by atoms with Crippen molar-refractivity contribution >= 4 is 22.4 Å². The minimum Gasteiger partial charge on any atom is -0.313 e. The fraction of sp³-hybridized carbons (Fsp3) is 0.259. The van der Waals surface area contributed by atoms with Gasteiger partial charge in [-0.3, -0.25) is 10.1 Å². The average molecular weight is 509 g/mol. The molecule has 0 bridgehead atoms. The predicted octanol–water partition coefficient (Wildman–Crippen LogP) is 3.93. The number of benzene rings is 2. The maximum Gasteiger partial charge on any atom is 0.257 e. The van der Waals surface area contributed by atoms with Gasteiger partial charge < -0.3 is 5.32 Å². The molecule has 0 fully saturated rings. The Morgan fingerprint density at radius 1 is 1.19 bits per heavy atom. The van der Waals surface area contributed by atoms with Crippen molar-refractivity contribution in [3.05, 3.63) is 82.0 Å². The third-order valence-electron chi connectivity index (χ3n) is 6.21. The van der Waals surface area contributed by atoms with E-state index in [0.29, 0.717) is 47.5 Å². The smallest absolute Gasteiger partial charge is 0.257 e. The van der Waals surface area contributed by atoms with Gasteiger partial charge in [0.2, 0.25) is 0 Å². The monoisotopic (exact) mass is 508 g/mol. The molecule has 184 valence electrons. The maximum atomic E-state index is 13.0. The van der Waals surface area contributed by atoms with Crippen LogP contribution in [-0.4, -0.2) is 38.5 Å². The van der Waals surface area contributed by atoms with Gasteiger partial charge in [-0.15, -0.1) is 16.4 Å². The van der Waals surface area contributed by atoms with Gasteiger partial charge in [0.05, 0.1) is 36.1 Å². The van der Waals surface area contributed by atoms with Crippen LogP contribution in [0.25, 0.3) is 11.3 Å². The van der Waals surface area contributed by atoms with Crippen molar-refractivity contribution in [2.75, 3.05) is 11.9 Å². The van der Waals surface area contributed by atoms with Gasteiger partial charge in [-0.1, -0.05) is 29.5 Å². The molecule has 1 atom stereocenters. The number of nitriles is 2. The number of aromatic nitrogens is 4. The number of anilines is 1. The Labute approximate surface area is 218 Å². The minimum atomic E-state index is -0.200. The van der Waals surface area contributed by atoms with Crippen LogP contribution in [0.15, 0.2) is 54.7 Å². The second-order valence-corrected chi connectivity index (χ2v) is 9.92. The number of carbonyl (C=O) groups is 1. The van der Waals surface area contributed by atoms with E-state index in [1.165, 1.54) is 16.2 Å². The third kappa shape index (κ3) is 5.89. The lowest BCUT2D eigenvalue weighted by Crippen LogP contribution is -2.34. The van der Waals surface area contributed by atoms with Crippen molar-refractivity contribution in [2.24, 2.45) is 0 Å². The molecule has 9 nitrogen and oxygen atoms in total. The van der Waals surface area contributed by atoms with Crippen LogP contribution >= 0.6 is 11.3 Å². The normalized spacial score (nSPS) is 14.4. The molecule has 0 radical (unpaired) electrons. The SMILES string of the molecule is N#CCCNC1CCc2nc(NC(=O)c3cccc(Cn4cc(-c5ccc(C#N)cc5)nn4)c3)sc2C1. The van der Waals surface area contributed by atoms with Crippen LogP contribution in [-0.2, 0) is 19.4 Å². The van der Waals surface area contributed by atoms with E-state index in [9.17, 15) is 4.79 Å². The van der Waals surface area contributed by atoms with Gasteiger partial charge in [0.25, 0.3) is 5.91 Å². The molecule has 1 aliphatic rings. The topological polar surface area (TPSA) is 132 Å². The molecule has 2 N–H and O–H groups in total. The number of nitrogens with one attached hydrogen (secondary N) is 2. The first-order chi connectivity index (χ1) is 18.1. The van der Waals surface area contributed by atoms with Gasteiger partial charge in [-0.25, -0.2) is 9.67 Å². The first kappa shape index (κ1) is 24.3. The van der Waals surface area contributed by atoms with Crippen LogP contribution in [0.1, 0.15) is 44.9 Å². The summed E-state index contributed by atoms with van der Waals surface area (Å²) >= 11 is 1.52. The van der Waals surface area contributed by atoms with Crippen LogP contribution in [0.3, 0.4) is 0 Å². The molecule has 1 amide bonds. The molecular weight excluding hydrogens is 484 g/mol. The lowest BCUT2D eigenvalue weighted by molar-refractivity contribution is 0.102. The van der Waals surface area contributed by atoms with Gasteiger partial charge in [-0.05, 0) is 49.1 Å². The second kappa shape index (κ2) is 11.1. The van der Waals surface area contributed by atoms with Gasteiger partial charge in [0, 0.05) is 35.0 Å². The highest BCUT2D eigenvalue weighted by Crippen LogP contribution is 2.30. The van der Waals surface area contributed by atoms with Crippen molar-refractivity contribution in [1.82, 2.24) is 25.3 Å². The van der Waals surface area contributed by atoms with Crippen molar-refractivity contribution in [1.29, 1.82) is 10.5 Å². The Morgan fingerprint density at radius 3 is 2.86 bits per heavy atom. The Hall–Kier alpha value is -4.38. The lowest BCUT2D eigenvalue weighted by Gasteiger charge is -2.21. The molecule has 2 aromatic heterocycles. The molecule has 37 heavy (non-hydrogen) atoms. The Kier molecular flexibility index (Phi) is 7.31. The lowest BCUT2D eigenvalue weighted by atomic mass is 9.98. The van der Waals surface area contributed by atoms with Crippen LogP contribution in [0.5, 0.6) is 0 Å². The van der Waals surface area contributed by atoms with E-state index in [2.05, 4.69) is 38.1 Å². The van der Waals surface area contributed by atoms with Crippen molar-refractivity contribution < 1.29 is 4.79 Å². The van der Waals surface area contributed by atoms with E-state index in [1.54, 1.807) is 22.9 Å². The first-order valence-electron chi connectivity index (χ1n) is 12.0. The second-order valence-electron chi connectivity index (χ2n) is 8.84. The Bertz CT molecular complexity index is 1490. The van der Waals surface area contributed by atoms with Gasteiger partial charge in [0.15, 0.2) is 5.13 Å². The molecule has 1 unspecified atom stereocenters. The summed E-state index contributed by atoms with van der Waals surface area (Å²) in [5, 5.41) is 33.1. The number of rotatable bonds is 8. The number of aryl methyl sites for hydroxylation is 1. The highest BCUT2D eigenvalue weighted by atomic mass is 32.1. The summed E-state index contributed by atoms with van der Waals surface area (Å²) in [6.45, 7) is 1.16. The summed E-state index contributed by atoms with van der Waals surface area (Å²) in [7, 11) is 0. The molecule has 2 aromatic carbocycles. The molecule has 0 aliphatic heterocycles. The van der Waals surface area contributed by atoms with E-state index in [-0.39, 0.29) is 5.91 Å². The molecular formula is C27H24N8OS. The van der Waals surface area contributed by atoms with Crippen LogP contribution in [0.2, 0.25) is 0 Å². The number of hydrogen-bond donors (Lipinski definition) is 2. The Morgan fingerprint density at radius 2 is 2.05 bits per heavy atom. The van der Waals surface area contributed by atoms with E-state index in [4.69, 9.17) is 10.5 Å². The Balaban J connectivity index is 1.21. The highest BCUT2D eigenvalue weighted by molar-refractivity contribution is 7.15. The first-order valence-corrected chi connectivity index (χ1v) is 12.8. The summed E-state index contributed by atoms with van der Waals surface area (Å²) < 4.78 is 1.72. The number of hydrogen-bond acceptors (Lipinski definition) is 8. The molecule has 0 spiro atoms. The quantitative estimate of drug-likeness (QED) is 0.345. The van der Waals surface area contributed by atoms with Gasteiger partial charge in [-0.2, -0.15) is 10.5 Å². The zero-order valence-electron chi connectivity index (χ0n) is 20.0. The van der Waals surface area contributed by atoms with Crippen LogP contribution < -0.4 is 10.6 Å². The van der Waals surface area contributed by atoms with Crippen LogP contribution in [0.4, 0.5) is 5.13 Å². The number of carbonyl (C=O) groups excluding carboxylic acids is 1. The summed E-state index contributed by atoms with van der Waals surface area (Å²) in [6, 6.07) is 19.2. The number of fused-ring (bicyclic) bond motifs is 1. The third-order valence-corrected chi connectivity index (χ3v) is 7.25. The fourth-order valence-electron chi connectivity index (χ4n) is 4.33. The molecule has 0 saturated carbocycles.